The minimum Gasteiger partial charge on any atom is -0.352 e. The summed E-state index contributed by atoms with van der Waals surface area (Å²) in [5.74, 6) is 0.594. The quantitative estimate of drug-likeness (QED) is 0.589. The first-order valence-corrected chi connectivity index (χ1v) is 4.26. The molecule has 1 aliphatic rings. The van der Waals surface area contributed by atoms with Gasteiger partial charge in [-0.25, -0.2) is 4.79 Å². The Morgan fingerprint density at radius 1 is 1.45 bits per heavy atom. The molecule has 0 saturated heterocycles. The van der Waals surface area contributed by atoms with Crippen LogP contribution in [-0.2, 0) is 0 Å². The van der Waals surface area contributed by atoms with E-state index in [1.807, 2.05) is 0 Å². The summed E-state index contributed by atoms with van der Waals surface area (Å²) in [6.45, 7) is 2.17. The number of hydrogen-bond donors (Lipinski definition) is 2. The first-order valence-electron chi connectivity index (χ1n) is 4.26. The molecule has 1 rings (SSSR count). The van der Waals surface area contributed by atoms with Crippen molar-refractivity contribution in [2.45, 2.75) is 38.6 Å². The molecular weight excluding hydrogens is 140 g/mol. The highest BCUT2D eigenvalue weighted by Gasteiger charge is 2.21. The van der Waals surface area contributed by atoms with Crippen LogP contribution in [0.1, 0.15) is 32.6 Å². The second-order valence-corrected chi connectivity index (χ2v) is 3.38. The van der Waals surface area contributed by atoms with Crippen molar-refractivity contribution in [3.05, 3.63) is 0 Å². The molecule has 1 fully saturated rings. The van der Waals surface area contributed by atoms with Gasteiger partial charge in [-0.3, -0.25) is 0 Å². The van der Waals surface area contributed by atoms with E-state index >= 15 is 0 Å². The number of nitrogens with one attached hydrogen (secondary N) is 1. The van der Waals surface area contributed by atoms with Gasteiger partial charge in [0.2, 0.25) is 0 Å². The molecule has 3 heteroatoms. The van der Waals surface area contributed by atoms with Crippen LogP contribution < -0.4 is 11.1 Å². The lowest BCUT2D eigenvalue weighted by Crippen LogP contribution is -2.43. The molecule has 2 amide bonds. The average molecular weight is 156 g/mol. The number of nitrogens with two attached hydrogens (primary N) is 1. The molecule has 0 aliphatic heterocycles. The second-order valence-electron chi connectivity index (χ2n) is 3.38. The van der Waals surface area contributed by atoms with E-state index in [1.165, 1.54) is 19.3 Å². The minimum absolute atomic E-state index is 0.321. The number of amides is 2. The molecule has 2 atom stereocenters. The first kappa shape index (κ1) is 8.37. The average Bonchev–Trinajstić information content (AvgIpc) is 1.93. The summed E-state index contributed by atoms with van der Waals surface area (Å²) >= 11 is 0. The molecule has 0 bridgehead atoms. The van der Waals surface area contributed by atoms with Crippen LogP contribution in [0.2, 0.25) is 0 Å². The Morgan fingerprint density at radius 2 is 2.09 bits per heavy atom. The van der Waals surface area contributed by atoms with Crippen molar-refractivity contribution in [2.24, 2.45) is 11.7 Å². The topological polar surface area (TPSA) is 55.1 Å². The molecule has 3 nitrogen and oxygen atoms in total. The summed E-state index contributed by atoms with van der Waals surface area (Å²) < 4.78 is 0. The summed E-state index contributed by atoms with van der Waals surface area (Å²) in [5, 5.41) is 2.77. The molecule has 11 heavy (non-hydrogen) atoms. The maximum absolute atomic E-state index is 10.5. The van der Waals surface area contributed by atoms with Gasteiger partial charge < -0.3 is 11.1 Å². The molecule has 0 radical (unpaired) electrons. The summed E-state index contributed by atoms with van der Waals surface area (Å²) in [4.78, 5) is 10.5. The van der Waals surface area contributed by atoms with Crippen LogP contribution in [0.25, 0.3) is 0 Å². The van der Waals surface area contributed by atoms with Gasteiger partial charge in [0.25, 0.3) is 0 Å². The number of urea groups is 1. The summed E-state index contributed by atoms with van der Waals surface area (Å²) in [6, 6.07) is -0.0648. The van der Waals surface area contributed by atoms with Crippen molar-refractivity contribution in [3.8, 4) is 0 Å². The lowest BCUT2D eigenvalue weighted by Gasteiger charge is -2.28. The Balaban J connectivity index is 2.35. The van der Waals surface area contributed by atoms with Crippen molar-refractivity contribution < 1.29 is 4.79 Å². The predicted molar refractivity (Wildman–Crippen MR) is 44.1 cm³/mol. The molecule has 0 aromatic carbocycles. The smallest absolute Gasteiger partial charge is 0.312 e. The van der Waals surface area contributed by atoms with Crippen LogP contribution in [0.3, 0.4) is 0 Å². The van der Waals surface area contributed by atoms with Gasteiger partial charge in [-0.1, -0.05) is 19.8 Å². The Labute approximate surface area is 67.3 Å². The maximum atomic E-state index is 10.5. The van der Waals surface area contributed by atoms with Crippen LogP contribution in [0.4, 0.5) is 4.79 Å². The summed E-state index contributed by atoms with van der Waals surface area (Å²) in [5.41, 5.74) is 5.04. The van der Waals surface area contributed by atoms with Gasteiger partial charge >= 0.3 is 6.03 Å². The normalized spacial score (nSPS) is 31.4. The van der Waals surface area contributed by atoms with E-state index in [1.54, 1.807) is 0 Å². The SMILES string of the molecule is C[C@@H]1CCCC[C@@H]1NC(N)=O. The Morgan fingerprint density at radius 3 is 2.64 bits per heavy atom. The van der Waals surface area contributed by atoms with E-state index in [9.17, 15) is 4.79 Å². The van der Waals surface area contributed by atoms with Crippen LogP contribution >= 0.6 is 0 Å². The Bertz CT molecular complexity index is 147. The fourth-order valence-electron chi connectivity index (χ4n) is 1.71. The minimum atomic E-state index is -0.385. The molecule has 0 unspecified atom stereocenters. The van der Waals surface area contributed by atoms with Crippen molar-refractivity contribution >= 4 is 6.03 Å². The zero-order valence-corrected chi connectivity index (χ0v) is 6.97. The third-order valence-corrected chi connectivity index (χ3v) is 2.44. The molecule has 0 aromatic rings. The zero-order chi connectivity index (χ0) is 8.27. The zero-order valence-electron chi connectivity index (χ0n) is 6.97. The largest absolute Gasteiger partial charge is 0.352 e. The molecule has 0 aromatic heterocycles. The molecule has 3 N–H and O–H groups in total. The van der Waals surface area contributed by atoms with Gasteiger partial charge in [0.1, 0.15) is 0 Å². The standard InChI is InChI=1S/C8H16N2O/c1-6-4-2-3-5-7(6)10-8(9)11/h6-7H,2-5H2,1H3,(H3,9,10,11)/t6-,7+/m1/s1. The number of carbonyl (C=O) groups is 1. The van der Waals surface area contributed by atoms with E-state index in [0.717, 1.165) is 6.42 Å². The lowest BCUT2D eigenvalue weighted by molar-refractivity contribution is 0.229. The lowest BCUT2D eigenvalue weighted by atomic mass is 9.86. The highest BCUT2D eigenvalue weighted by Crippen LogP contribution is 2.23. The van der Waals surface area contributed by atoms with Crippen molar-refractivity contribution in [1.29, 1.82) is 0 Å². The third-order valence-electron chi connectivity index (χ3n) is 2.44. The fraction of sp³-hybridized carbons (Fsp3) is 0.875. The molecule has 0 spiro atoms. The van der Waals surface area contributed by atoms with Gasteiger partial charge in [0.05, 0.1) is 0 Å². The second kappa shape index (κ2) is 3.60. The monoisotopic (exact) mass is 156 g/mol. The van der Waals surface area contributed by atoms with Crippen LogP contribution in [0.5, 0.6) is 0 Å². The van der Waals surface area contributed by atoms with Crippen LogP contribution in [0, 0.1) is 5.92 Å². The van der Waals surface area contributed by atoms with E-state index < -0.39 is 0 Å². The van der Waals surface area contributed by atoms with Gasteiger partial charge in [-0.2, -0.15) is 0 Å². The van der Waals surface area contributed by atoms with Gasteiger partial charge in [-0.05, 0) is 18.8 Å². The number of primary amides is 1. The highest BCUT2D eigenvalue weighted by atomic mass is 16.2. The number of rotatable bonds is 1. The maximum Gasteiger partial charge on any atom is 0.312 e. The van der Waals surface area contributed by atoms with Gasteiger partial charge in [0, 0.05) is 6.04 Å². The molecule has 1 aliphatic carbocycles. The molecular formula is C8H16N2O. The Kier molecular flexibility index (Phi) is 2.74. The summed E-state index contributed by atoms with van der Waals surface area (Å²) in [7, 11) is 0. The van der Waals surface area contributed by atoms with Crippen molar-refractivity contribution in [1.82, 2.24) is 5.32 Å². The first-order chi connectivity index (χ1) is 5.20. The molecule has 1 saturated carbocycles. The van der Waals surface area contributed by atoms with Crippen molar-refractivity contribution in [2.75, 3.05) is 0 Å². The fourth-order valence-corrected chi connectivity index (χ4v) is 1.71. The molecule has 0 heterocycles. The van der Waals surface area contributed by atoms with Crippen LogP contribution in [0.15, 0.2) is 0 Å². The van der Waals surface area contributed by atoms with E-state index in [0.29, 0.717) is 12.0 Å². The van der Waals surface area contributed by atoms with E-state index in [-0.39, 0.29) is 6.03 Å². The van der Waals surface area contributed by atoms with E-state index in [4.69, 9.17) is 5.73 Å². The van der Waals surface area contributed by atoms with Gasteiger partial charge in [0.15, 0.2) is 0 Å². The molecule has 64 valence electrons. The Hall–Kier alpha value is -0.730. The highest BCUT2D eigenvalue weighted by molar-refractivity contribution is 5.71. The van der Waals surface area contributed by atoms with Crippen molar-refractivity contribution in [3.63, 3.8) is 0 Å². The predicted octanol–water partition coefficient (Wildman–Crippen LogP) is 1.23. The summed E-state index contributed by atoms with van der Waals surface area (Å²) in [6.07, 6.45) is 4.81. The van der Waals surface area contributed by atoms with E-state index in [2.05, 4.69) is 12.2 Å². The van der Waals surface area contributed by atoms with Gasteiger partial charge in [-0.15, -0.1) is 0 Å². The van der Waals surface area contributed by atoms with Crippen LogP contribution in [-0.4, -0.2) is 12.1 Å². The number of carbonyl (C=O) groups excluding carboxylic acids is 1. The number of hydrogen-bond acceptors (Lipinski definition) is 1. The third kappa shape index (κ3) is 2.41.